The van der Waals surface area contributed by atoms with Gasteiger partial charge in [-0.2, -0.15) is 0 Å². The number of carboxylic acid groups (broad SMARTS) is 2. The van der Waals surface area contributed by atoms with Gasteiger partial charge in [-0.1, -0.05) is 24.6 Å². The zero-order chi connectivity index (χ0) is 18.4. The molecule has 1 unspecified atom stereocenters. The lowest BCUT2D eigenvalue weighted by Crippen LogP contribution is -2.27. The summed E-state index contributed by atoms with van der Waals surface area (Å²) in [6, 6.07) is 5.90. The Balaban J connectivity index is 0.000000242. The quantitative estimate of drug-likeness (QED) is 0.722. The Morgan fingerprint density at radius 1 is 1.28 bits per heavy atom. The highest BCUT2D eigenvalue weighted by Gasteiger charge is 2.18. The van der Waals surface area contributed by atoms with E-state index >= 15 is 0 Å². The molecule has 7 heteroatoms. The molecule has 25 heavy (non-hydrogen) atoms. The summed E-state index contributed by atoms with van der Waals surface area (Å²) in [5.41, 5.74) is 3.40. The number of hydrogen-bond acceptors (Lipinski definition) is 4. The van der Waals surface area contributed by atoms with Crippen LogP contribution in [-0.2, 0) is 9.59 Å². The second kappa shape index (κ2) is 8.50. The summed E-state index contributed by atoms with van der Waals surface area (Å²) in [6.07, 6.45) is 5.06. The summed E-state index contributed by atoms with van der Waals surface area (Å²) in [7, 11) is 0. The molecule has 1 aromatic heterocycles. The summed E-state index contributed by atoms with van der Waals surface area (Å²) in [5, 5.41) is 20.8. The van der Waals surface area contributed by atoms with Gasteiger partial charge in [0.15, 0.2) is 0 Å². The Bertz CT molecular complexity index is 821. The van der Waals surface area contributed by atoms with Crippen molar-refractivity contribution in [2.45, 2.75) is 6.92 Å². The molecule has 2 heterocycles. The lowest BCUT2D eigenvalue weighted by Gasteiger charge is -2.22. The first-order chi connectivity index (χ1) is 11.9. The van der Waals surface area contributed by atoms with Gasteiger partial charge >= 0.3 is 11.9 Å². The average Bonchev–Trinajstić information content (AvgIpc) is 3.01. The van der Waals surface area contributed by atoms with Crippen LogP contribution in [-0.4, -0.2) is 35.2 Å². The molecule has 0 radical (unpaired) electrons. The maximum atomic E-state index is 9.55. The monoisotopic (exact) mass is 363 g/mol. The molecule has 0 saturated heterocycles. The van der Waals surface area contributed by atoms with Gasteiger partial charge in [0.2, 0.25) is 0 Å². The number of aliphatic carboxylic acids is 2. The van der Waals surface area contributed by atoms with Crippen LogP contribution in [0.25, 0.3) is 16.5 Å². The first kappa shape index (κ1) is 18.8. The van der Waals surface area contributed by atoms with Gasteiger partial charge in [0.25, 0.3) is 0 Å². The first-order valence-electron chi connectivity index (χ1n) is 7.60. The normalized spacial score (nSPS) is 17.0. The number of carboxylic acids is 2. The van der Waals surface area contributed by atoms with Gasteiger partial charge in [-0.3, -0.25) is 0 Å². The number of furan rings is 1. The molecule has 0 fully saturated rings. The second-order valence-electron chi connectivity index (χ2n) is 5.52. The number of benzene rings is 1. The van der Waals surface area contributed by atoms with E-state index < -0.39 is 11.9 Å². The molecule has 1 aromatic carbocycles. The van der Waals surface area contributed by atoms with Gasteiger partial charge < -0.3 is 19.9 Å². The van der Waals surface area contributed by atoms with Crippen molar-refractivity contribution in [3.63, 3.8) is 0 Å². The highest BCUT2D eigenvalue weighted by atomic mass is 35.5. The fourth-order valence-electron chi connectivity index (χ4n) is 2.57. The van der Waals surface area contributed by atoms with Gasteiger partial charge in [0, 0.05) is 41.2 Å². The zero-order valence-corrected chi connectivity index (χ0v) is 14.3. The highest BCUT2D eigenvalue weighted by Crippen LogP contribution is 2.34. The molecule has 3 N–H and O–H groups in total. The van der Waals surface area contributed by atoms with Crippen LogP contribution in [0.15, 0.2) is 47.1 Å². The molecular formula is C18H18ClNO5. The van der Waals surface area contributed by atoms with E-state index in [1.807, 2.05) is 18.2 Å². The van der Waals surface area contributed by atoms with Crippen molar-refractivity contribution in [1.82, 2.24) is 5.32 Å². The number of rotatable bonds is 3. The van der Waals surface area contributed by atoms with Gasteiger partial charge in [0.05, 0.1) is 6.26 Å². The minimum Gasteiger partial charge on any atom is -0.478 e. The number of carbonyl (C=O) groups is 2. The molecule has 0 aliphatic carbocycles. The maximum Gasteiger partial charge on any atom is 0.328 e. The van der Waals surface area contributed by atoms with E-state index in [-0.39, 0.29) is 0 Å². The van der Waals surface area contributed by atoms with Crippen LogP contribution in [0.4, 0.5) is 0 Å². The molecule has 1 aliphatic heterocycles. The molecule has 2 aromatic rings. The minimum atomic E-state index is -1.26. The number of halogens is 1. The first-order valence-corrected chi connectivity index (χ1v) is 7.98. The Morgan fingerprint density at radius 3 is 2.56 bits per heavy atom. The van der Waals surface area contributed by atoms with Crippen LogP contribution in [0.1, 0.15) is 12.5 Å². The molecule has 1 atom stereocenters. The van der Waals surface area contributed by atoms with Crippen molar-refractivity contribution in [2.75, 3.05) is 13.1 Å². The number of nitrogens with one attached hydrogen (secondary N) is 1. The van der Waals surface area contributed by atoms with Crippen molar-refractivity contribution in [3.05, 3.63) is 53.3 Å². The van der Waals surface area contributed by atoms with Crippen LogP contribution in [0, 0.1) is 5.92 Å². The molecule has 6 nitrogen and oxygen atoms in total. The van der Waals surface area contributed by atoms with E-state index in [4.69, 9.17) is 26.2 Å². The Morgan fingerprint density at radius 2 is 1.96 bits per heavy atom. The van der Waals surface area contributed by atoms with Crippen molar-refractivity contribution in [1.29, 1.82) is 0 Å². The molecule has 0 amide bonds. The third kappa shape index (κ3) is 5.20. The SMILES string of the molecule is CC1CNCC=C1c1cc(Cl)cc2ccoc12.O=C(O)C=CC(=O)O. The molecule has 132 valence electrons. The third-order valence-corrected chi connectivity index (χ3v) is 3.86. The zero-order valence-electron chi connectivity index (χ0n) is 13.5. The van der Waals surface area contributed by atoms with E-state index in [0.29, 0.717) is 18.1 Å². The average molecular weight is 364 g/mol. The van der Waals surface area contributed by atoms with Gasteiger partial charge in [-0.25, -0.2) is 9.59 Å². The van der Waals surface area contributed by atoms with Crippen molar-refractivity contribution >= 4 is 40.1 Å². The standard InChI is InChI=1S/C14H14ClNO.C4H4O4/c1-9-8-16-4-2-12(9)13-7-11(15)6-10-3-5-17-14(10)13;5-3(6)1-2-4(7)8/h2-3,5-7,9,16H,4,8H2,1H3;1-2H,(H,5,6)(H,7,8). The Kier molecular flexibility index (Phi) is 6.38. The lowest BCUT2D eigenvalue weighted by molar-refractivity contribution is -0.134. The molecular weight excluding hydrogens is 346 g/mol. The van der Waals surface area contributed by atoms with E-state index in [9.17, 15) is 9.59 Å². The fourth-order valence-corrected chi connectivity index (χ4v) is 2.80. The van der Waals surface area contributed by atoms with Crippen molar-refractivity contribution < 1.29 is 24.2 Å². The molecule has 3 rings (SSSR count). The highest BCUT2D eigenvalue weighted by molar-refractivity contribution is 6.31. The van der Waals surface area contributed by atoms with E-state index in [2.05, 4.69) is 18.3 Å². The van der Waals surface area contributed by atoms with Crippen LogP contribution in [0.2, 0.25) is 5.02 Å². The van der Waals surface area contributed by atoms with Gasteiger partial charge in [-0.05, 0) is 29.7 Å². The summed E-state index contributed by atoms with van der Waals surface area (Å²) in [5.74, 6) is -2.03. The maximum absolute atomic E-state index is 9.55. The van der Waals surface area contributed by atoms with Gasteiger partial charge in [-0.15, -0.1) is 0 Å². The molecule has 0 spiro atoms. The smallest absolute Gasteiger partial charge is 0.328 e. The van der Waals surface area contributed by atoms with E-state index in [0.717, 1.165) is 34.6 Å². The Labute approximate surface area is 149 Å². The molecule has 0 saturated carbocycles. The van der Waals surface area contributed by atoms with Crippen molar-refractivity contribution in [2.24, 2.45) is 5.92 Å². The summed E-state index contributed by atoms with van der Waals surface area (Å²) < 4.78 is 5.59. The summed E-state index contributed by atoms with van der Waals surface area (Å²) in [4.78, 5) is 19.1. The largest absolute Gasteiger partial charge is 0.478 e. The van der Waals surface area contributed by atoms with Crippen LogP contribution in [0.5, 0.6) is 0 Å². The number of fused-ring (bicyclic) bond motifs is 1. The predicted molar refractivity (Wildman–Crippen MR) is 95.6 cm³/mol. The lowest BCUT2D eigenvalue weighted by atomic mass is 9.90. The third-order valence-electron chi connectivity index (χ3n) is 3.64. The van der Waals surface area contributed by atoms with Crippen LogP contribution < -0.4 is 5.32 Å². The summed E-state index contributed by atoms with van der Waals surface area (Å²) in [6.45, 7) is 4.13. The Hall–Kier alpha value is -2.57. The molecule has 0 bridgehead atoms. The topological polar surface area (TPSA) is 99.8 Å². The van der Waals surface area contributed by atoms with Gasteiger partial charge in [0.1, 0.15) is 5.58 Å². The summed E-state index contributed by atoms with van der Waals surface area (Å²) >= 11 is 6.16. The van der Waals surface area contributed by atoms with Crippen LogP contribution in [0.3, 0.4) is 0 Å². The number of hydrogen-bond donors (Lipinski definition) is 3. The van der Waals surface area contributed by atoms with Crippen molar-refractivity contribution in [3.8, 4) is 0 Å². The predicted octanol–water partition coefficient (Wildman–Crippen LogP) is 3.42. The fraction of sp³-hybridized carbons (Fsp3) is 0.222. The second-order valence-corrected chi connectivity index (χ2v) is 5.96. The van der Waals surface area contributed by atoms with E-state index in [1.165, 1.54) is 5.57 Å². The minimum absolute atomic E-state index is 0.482. The molecule has 1 aliphatic rings. The van der Waals surface area contributed by atoms with E-state index in [1.54, 1.807) is 6.26 Å². The van der Waals surface area contributed by atoms with Crippen LogP contribution >= 0.6 is 11.6 Å².